The molecule has 0 saturated carbocycles. The molecular weight excluding hydrogens is 276 g/mol. The lowest BCUT2D eigenvalue weighted by molar-refractivity contribution is 0.156. The lowest BCUT2D eigenvalue weighted by atomic mass is 10.2. The summed E-state index contributed by atoms with van der Waals surface area (Å²) < 4.78 is 11.4. The smallest absolute Gasteiger partial charge is 0.410 e. The van der Waals surface area contributed by atoms with Crippen LogP contribution in [0.3, 0.4) is 0 Å². The molecule has 3 rings (SSSR count). The van der Waals surface area contributed by atoms with E-state index >= 15 is 0 Å². The van der Waals surface area contributed by atoms with Gasteiger partial charge in [-0.2, -0.15) is 0 Å². The number of nitrogens with zero attached hydrogens (tertiary/aromatic N) is 2. The lowest BCUT2D eigenvalue weighted by Gasteiger charge is -2.16. The van der Waals surface area contributed by atoms with Crippen molar-refractivity contribution < 1.29 is 14.3 Å². The first-order chi connectivity index (χ1) is 7.74. The second-order valence-electron chi connectivity index (χ2n) is 3.79. The third kappa shape index (κ3) is 1.53. The molecule has 0 aromatic carbocycles. The Balaban J connectivity index is 1.97. The molecule has 0 spiro atoms. The summed E-state index contributed by atoms with van der Waals surface area (Å²) in [6.07, 6.45) is 1.41. The van der Waals surface area contributed by atoms with E-state index in [-0.39, 0.29) is 12.1 Å². The topological polar surface area (TPSA) is 51.7 Å². The van der Waals surface area contributed by atoms with Crippen molar-refractivity contribution in [3.8, 4) is 5.88 Å². The Morgan fingerprint density at radius 3 is 3.12 bits per heavy atom. The van der Waals surface area contributed by atoms with E-state index in [4.69, 9.17) is 9.47 Å². The van der Waals surface area contributed by atoms with Crippen LogP contribution in [0.2, 0.25) is 0 Å². The van der Waals surface area contributed by atoms with Crippen molar-refractivity contribution in [1.29, 1.82) is 0 Å². The molecule has 0 unspecified atom stereocenters. The number of carbonyl (C=O) groups is 1. The van der Waals surface area contributed by atoms with Gasteiger partial charge in [0.2, 0.25) is 5.88 Å². The van der Waals surface area contributed by atoms with Gasteiger partial charge in [-0.25, -0.2) is 9.78 Å². The van der Waals surface area contributed by atoms with Crippen molar-refractivity contribution >= 4 is 22.0 Å². The Kier molecular flexibility index (Phi) is 2.24. The number of ether oxygens (including phenoxy) is 2. The average molecular weight is 285 g/mol. The largest absolute Gasteiger partial charge is 0.475 e. The fourth-order valence-corrected chi connectivity index (χ4v) is 2.27. The average Bonchev–Trinajstić information content (AvgIpc) is 2.51. The highest BCUT2D eigenvalue weighted by Gasteiger charge is 2.36. The van der Waals surface area contributed by atoms with Gasteiger partial charge in [-0.3, -0.25) is 4.90 Å². The van der Waals surface area contributed by atoms with Crippen LogP contribution in [0.4, 0.5) is 4.79 Å². The standard InChI is InChI=1S/C10H9BrN2O3/c11-7-1-6-3-13-8(5-16-10(13)14)4-15-9(6)12-2-7/h1-2,8H,3-5H2/t8-/m1/s1. The molecule has 2 aliphatic heterocycles. The molecule has 0 radical (unpaired) electrons. The molecule has 6 heteroatoms. The molecule has 1 aromatic rings. The van der Waals surface area contributed by atoms with Crippen molar-refractivity contribution in [2.24, 2.45) is 0 Å². The molecule has 1 atom stereocenters. The molecule has 1 fully saturated rings. The Morgan fingerprint density at radius 2 is 2.25 bits per heavy atom. The predicted octanol–water partition coefficient (Wildman–Crippen LogP) is 1.56. The van der Waals surface area contributed by atoms with Crippen LogP contribution in [-0.2, 0) is 11.3 Å². The SMILES string of the molecule is O=C1OC[C@H]2COc3ncc(Br)cc3CN12. The lowest BCUT2D eigenvalue weighted by Crippen LogP contribution is -2.35. The summed E-state index contributed by atoms with van der Waals surface area (Å²) in [5.41, 5.74) is 0.899. The Labute approximate surface area is 100 Å². The quantitative estimate of drug-likeness (QED) is 0.726. The summed E-state index contributed by atoms with van der Waals surface area (Å²) >= 11 is 3.35. The molecule has 0 N–H and O–H groups in total. The number of hydrogen-bond donors (Lipinski definition) is 0. The molecular formula is C10H9BrN2O3. The van der Waals surface area contributed by atoms with Gasteiger partial charge < -0.3 is 9.47 Å². The number of cyclic esters (lactones) is 1. The zero-order valence-electron chi connectivity index (χ0n) is 8.35. The molecule has 1 amide bonds. The summed E-state index contributed by atoms with van der Waals surface area (Å²) in [7, 11) is 0. The number of hydrogen-bond acceptors (Lipinski definition) is 4. The van der Waals surface area contributed by atoms with Crippen molar-refractivity contribution in [2.45, 2.75) is 12.6 Å². The zero-order chi connectivity index (χ0) is 11.1. The van der Waals surface area contributed by atoms with Crippen LogP contribution in [0.5, 0.6) is 5.88 Å². The van der Waals surface area contributed by atoms with Crippen LogP contribution in [-0.4, -0.2) is 35.2 Å². The minimum absolute atomic E-state index is 0.000440. The van der Waals surface area contributed by atoms with E-state index in [1.165, 1.54) is 0 Å². The Hall–Kier alpha value is -1.30. The normalized spacial score (nSPS) is 22.9. The van der Waals surface area contributed by atoms with Gasteiger partial charge in [0, 0.05) is 16.2 Å². The van der Waals surface area contributed by atoms with Gasteiger partial charge in [-0.15, -0.1) is 0 Å². The zero-order valence-corrected chi connectivity index (χ0v) is 9.94. The minimum atomic E-state index is -0.276. The van der Waals surface area contributed by atoms with E-state index < -0.39 is 0 Å². The molecule has 2 aliphatic rings. The van der Waals surface area contributed by atoms with Crippen molar-refractivity contribution in [3.63, 3.8) is 0 Å². The summed E-state index contributed by atoms with van der Waals surface area (Å²) in [5.74, 6) is 0.602. The number of pyridine rings is 1. The van der Waals surface area contributed by atoms with E-state index in [0.717, 1.165) is 10.0 Å². The van der Waals surface area contributed by atoms with Gasteiger partial charge in [0.25, 0.3) is 0 Å². The molecule has 84 valence electrons. The highest BCUT2D eigenvalue weighted by Crippen LogP contribution is 2.28. The van der Waals surface area contributed by atoms with E-state index in [9.17, 15) is 4.79 Å². The molecule has 3 heterocycles. The van der Waals surface area contributed by atoms with Gasteiger partial charge in [-0.1, -0.05) is 0 Å². The van der Waals surface area contributed by atoms with Crippen LogP contribution in [0.15, 0.2) is 16.7 Å². The first-order valence-corrected chi connectivity index (χ1v) is 5.74. The van der Waals surface area contributed by atoms with Gasteiger partial charge >= 0.3 is 6.09 Å². The van der Waals surface area contributed by atoms with Crippen molar-refractivity contribution in [1.82, 2.24) is 9.88 Å². The summed E-state index contributed by atoms with van der Waals surface area (Å²) in [6.45, 7) is 1.33. The first kappa shape index (κ1) is 9.89. The minimum Gasteiger partial charge on any atom is -0.475 e. The van der Waals surface area contributed by atoms with Crippen LogP contribution in [0, 0.1) is 0 Å². The maximum absolute atomic E-state index is 11.5. The molecule has 0 aliphatic carbocycles. The number of amides is 1. The summed E-state index contributed by atoms with van der Waals surface area (Å²) in [4.78, 5) is 17.3. The highest BCUT2D eigenvalue weighted by atomic mass is 79.9. The highest BCUT2D eigenvalue weighted by molar-refractivity contribution is 9.10. The maximum Gasteiger partial charge on any atom is 0.410 e. The van der Waals surface area contributed by atoms with E-state index in [0.29, 0.717) is 25.6 Å². The Bertz CT molecular complexity index is 452. The molecule has 5 nitrogen and oxygen atoms in total. The molecule has 0 bridgehead atoms. The van der Waals surface area contributed by atoms with Gasteiger partial charge in [0.05, 0.1) is 6.54 Å². The number of carbonyl (C=O) groups excluding carboxylic acids is 1. The van der Waals surface area contributed by atoms with Gasteiger partial charge in [0.1, 0.15) is 19.3 Å². The van der Waals surface area contributed by atoms with E-state index in [1.54, 1.807) is 11.1 Å². The van der Waals surface area contributed by atoms with Crippen LogP contribution < -0.4 is 4.74 Å². The number of fused-ring (bicyclic) bond motifs is 2. The second kappa shape index (κ2) is 3.62. The number of aromatic nitrogens is 1. The Morgan fingerprint density at radius 1 is 1.44 bits per heavy atom. The number of halogens is 1. The second-order valence-corrected chi connectivity index (χ2v) is 4.70. The summed E-state index contributed by atoms with van der Waals surface area (Å²) in [5, 5.41) is 0. The molecule has 16 heavy (non-hydrogen) atoms. The monoisotopic (exact) mass is 284 g/mol. The maximum atomic E-state index is 11.5. The van der Waals surface area contributed by atoms with Crippen LogP contribution in [0.25, 0.3) is 0 Å². The number of rotatable bonds is 0. The predicted molar refractivity (Wildman–Crippen MR) is 58.1 cm³/mol. The van der Waals surface area contributed by atoms with Gasteiger partial charge in [-0.05, 0) is 22.0 Å². The third-order valence-electron chi connectivity index (χ3n) is 2.72. The van der Waals surface area contributed by atoms with Crippen molar-refractivity contribution in [2.75, 3.05) is 13.2 Å². The fourth-order valence-electron chi connectivity index (χ4n) is 1.89. The summed E-state index contributed by atoms with van der Waals surface area (Å²) in [6, 6.07) is 1.91. The molecule has 1 aromatic heterocycles. The van der Waals surface area contributed by atoms with E-state index in [2.05, 4.69) is 20.9 Å². The van der Waals surface area contributed by atoms with Crippen LogP contribution in [0.1, 0.15) is 5.56 Å². The van der Waals surface area contributed by atoms with Crippen LogP contribution >= 0.6 is 15.9 Å². The third-order valence-corrected chi connectivity index (χ3v) is 3.15. The van der Waals surface area contributed by atoms with Crippen molar-refractivity contribution in [3.05, 3.63) is 22.3 Å². The van der Waals surface area contributed by atoms with E-state index in [1.807, 2.05) is 6.07 Å². The first-order valence-electron chi connectivity index (χ1n) is 4.94. The molecule has 1 saturated heterocycles. The van der Waals surface area contributed by atoms with Gasteiger partial charge in [0.15, 0.2) is 0 Å². The fraction of sp³-hybridized carbons (Fsp3) is 0.400.